The summed E-state index contributed by atoms with van der Waals surface area (Å²) in [6.07, 6.45) is 1.66. The van der Waals surface area contributed by atoms with Gasteiger partial charge < -0.3 is 14.9 Å². The van der Waals surface area contributed by atoms with E-state index in [2.05, 4.69) is 39.7 Å². The topological polar surface area (TPSA) is 52.5 Å². The fraction of sp³-hybridized carbons (Fsp3) is 0.412. The molecule has 1 saturated heterocycles. The molecule has 2 aromatic rings. The molecule has 1 aliphatic heterocycles. The SMILES string of the molecule is CC(C)c1cc(N2CCN(c3ccc(O)cc3)CC2)ncn1. The minimum atomic E-state index is 0.310. The summed E-state index contributed by atoms with van der Waals surface area (Å²) < 4.78 is 0. The van der Waals surface area contributed by atoms with Crippen molar-refractivity contribution in [2.45, 2.75) is 19.8 Å². The van der Waals surface area contributed by atoms with E-state index in [9.17, 15) is 5.11 Å². The molecule has 1 N–H and O–H groups in total. The van der Waals surface area contributed by atoms with Crippen molar-refractivity contribution in [2.24, 2.45) is 0 Å². The van der Waals surface area contributed by atoms with Gasteiger partial charge in [0, 0.05) is 43.6 Å². The Labute approximate surface area is 131 Å². The van der Waals surface area contributed by atoms with Crippen LogP contribution in [0.2, 0.25) is 0 Å². The number of aromatic hydroxyl groups is 1. The van der Waals surface area contributed by atoms with E-state index in [0.717, 1.165) is 43.4 Å². The molecule has 22 heavy (non-hydrogen) atoms. The fourth-order valence-electron chi connectivity index (χ4n) is 2.71. The first-order valence-electron chi connectivity index (χ1n) is 7.74. The molecule has 5 nitrogen and oxygen atoms in total. The Morgan fingerprint density at radius 2 is 1.59 bits per heavy atom. The average Bonchev–Trinajstić information content (AvgIpc) is 2.56. The lowest BCUT2D eigenvalue weighted by atomic mass is 10.1. The van der Waals surface area contributed by atoms with Crippen LogP contribution in [0.25, 0.3) is 0 Å². The Morgan fingerprint density at radius 1 is 0.955 bits per heavy atom. The number of anilines is 2. The van der Waals surface area contributed by atoms with Crippen LogP contribution in [0.15, 0.2) is 36.7 Å². The van der Waals surface area contributed by atoms with Gasteiger partial charge in [0.05, 0.1) is 0 Å². The third-order valence-electron chi connectivity index (χ3n) is 4.08. The minimum Gasteiger partial charge on any atom is -0.508 e. The number of nitrogens with zero attached hydrogens (tertiary/aromatic N) is 4. The molecular weight excluding hydrogens is 276 g/mol. The van der Waals surface area contributed by atoms with Crippen molar-refractivity contribution in [3.05, 3.63) is 42.4 Å². The van der Waals surface area contributed by atoms with Gasteiger partial charge in [-0.05, 0) is 30.2 Å². The van der Waals surface area contributed by atoms with Crippen molar-refractivity contribution < 1.29 is 5.11 Å². The summed E-state index contributed by atoms with van der Waals surface area (Å²) in [6.45, 7) is 8.08. The summed E-state index contributed by atoms with van der Waals surface area (Å²) in [5.74, 6) is 1.74. The van der Waals surface area contributed by atoms with Crippen LogP contribution in [0.5, 0.6) is 5.75 Å². The van der Waals surface area contributed by atoms with Gasteiger partial charge in [-0.2, -0.15) is 0 Å². The van der Waals surface area contributed by atoms with Gasteiger partial charge >= 0.3 is 0 Å². The van der Waals surface area contributed by atoms with Gasteiger partial charge in [0.15, 0.2) is 0 Å². The lowest BCUT2D eigenvalue weighted by molar-refractivity contribution is 0.475. The molecule has 1 fully saturated rings. The van der Waals surface area contributed by atoms with Crippen LogP contribution in [-0.2, 0) is 0 Å². The molecule has 1 aliphatic rings. The van der Waals surface area contributed by atoms with Crippen LogP contribution in [0, 0.1) is 0 Å². The Bertz CT molecular complexity index is 619. The maximum Gasteiger partial charge on any atom is 0.132 e. The van der Waals surface area contributed by atoms with E-state index in [1.165, 1.54) is 0 Å². The monoisotopic (exact) mass is 298 g/mol. The minimum absolute atomic E-state index is 0.310. The zero-order valence-corrected chi connectivity index (χ0v) is 13.1. The van der Waals surface area contributed by atoms with Gasteiger partial charge in [0.2, 0.25) is 0 Å². The molecule has 2 heterocycles. The van der Waals surface area contributed by atoms with Gasteiger partial charge in [-0.3, -0.25) is 0 Å². The number of hydrogen-bond donors (Lipinski definition) is 1. The molecule has 0 radical (unpaired) electrons. The molecule has 0 saturated carbocycles. The van der Waals surface area contributed by atoms with Crippen molar-refractivity contribution >= 4 is 11.5 Å². The van der Waals surface area contributed by atoms with Crippen molar-refractivity contribution in [3.8, 4) is 5.75 Å². The van der Waals surface area contributed by atoms with Crippen molar-refractivity contribution in [2.75, 3.05) is 36.0 Å². The van der Waals surface area contributed by atoms with Gasteiger partial charge in [0.1, 0.15) is 17.9 Å². The van der Waals surface area contributed by atoms with E-state index < -0.39 is 0 Å². The zero-order valence-electron chi connectivity index (χ0n) is 13.1. The van der Waals surface area contributed by atoms with Crippen LogP contribution < -0.4 is 9.80 Å². The van der Waals surface area contributed by atoms with Crippen LogP contribution in [-0.4, -0.2) is 41.3 Å². The molecule has 0 spiro atoms. The van der Waals surface area contributed by atoms with Gasteiger partial charge in [-0.25, -0.2) is 9.97 Å². The first-order chi connectivity index (χ1) is 10.6. The number of piperazine rings is 1. The average molecular weight is 298 g/mol. The number of phenolic OH excluding ortho intramolecular Hbond substituents is 1. The summed E-state index contributed by atoms with van der Waals surface area (Å²) >= 11 is 0. The standard InChI is InChI=1S/C17H22N4O/c1-13(2)16-11-17(19-12-18-16)21-9-7-20(8-10-21)14-3-5-15(22)6-4-14/h3-6,11-13,22H,7-10H2,1-2H3. The predicted molar refractivity (Wildman–Crippen MR) is 88.7 cm³/mol. The molecule has 0 atom stereocenters. The number of phenols is 1. The molecule has 116 valence electrons. The first kappa shape index (κ1) is 14.6. The largest absolute Gasteiger partial charge is 0.508 e. The molecular formula is C17H22N4O. The van der Waals surface area contributed by atoms with E-state index in [1.54, 1.807) is 18.5 Å². The van der Waals surface area contributed by atoms with E-state index in [4.69, 9.17) is 0 Å². The van der Waals surface area contributed by atoms with Gasteiger partial charge in [-0.1, -0.05) is 13.8 Å². The third kappa shape index (κ3) is 3.13. The van der Waals surface area contributed by atoms with Gasteiger partial charge in [-0.15, -0.1) is 0 Å². The second-order valence-corrected chi connectivity index (χ2v) is 5.95. The van der Waals surface area contributed by atoms with E-state index in [-0.39, 0.29) is 0 Å². The molecule has 5 heteroatoms. The fourth-order valence-corrected chi connectivity index (χ4v) is 2.71. The Morgan fingerprint density at radius 3 is 2.23 bits per heavy atom. The first-order valence-corrected chi connectivity index (χ1v) is 7.74. The van der Waals surface area contributed by atoms with E-state index in [0.29, 0.717) is 11.7 Å². The van der Waals surface area contributed by atoms with Crippen LogP contribution in [0.3, 0.4) is 0 Å². The Kier molecular flexibility index (Phi) is 4.13. The van der Waals surface area contributed by atoms with Crippen LogP contribution in [0.4, 0.5) is 11.5 Å². The van der Waals surface area contributed by atoms with E-state index >= 15 is 0 Å². The highest BCUT2D eigenvalue weighted by atomic mass is 16.3. The maximum atomic E-state index is 9.38. The Balaban J connectivity index is 1.66. The number of aromatic nitrogens is 2. The maximum absolute atomic E-state index is 9.38. The summed E-state index contributed by atoms with van der Waals surface area (Å²) in [7, 11) is 0. The summed E-state index contributed by atoms with van der Waals surface area (Å²) in [6, 6.07) is 9.50. The molecule has 3 rings (SSSR count). The highest BCUT2D eigenvalue weighted by Gasteiger charge is 2.19. The van der Waals surface area contributed by atoms with Gasteiger partial charge in [0.25, 0.3) is 0 Å². The number of benzene rings is 1. The van der Waals surface area contributed by atoms with Crippen LogP contribution >= 0.6 is 0 Å². The quantitative estimate of drug-likeness (QED) is 0.944. The summed E-state index contributed by atoms with van der Waals surface area (Å²) in [4.78, 5) is 13.4. The van der Waals surface area contributed by atoms with Crippen molar-refractivity contribution in [1.82, 2.24) is 9.97 Å². The van der Waals surface area contributed by atoms with E-state index in [1.807, 2.05) is 12.1 Å². The predicted octanol–water partition coefficient (Wildman–Crippen LogP) is 2.63. The summed E-state index contributed by atoms with van der Waals surface area (Å²) in [5, 5.41) is 9.38. The molecule has 0 amide bonds. The summed E-state index contributed by atoms with van der Waals surface area (Å²) in [5.41, 5.74) is 2.24. The third-order valence-corrected chi connectivity index (χ3v) is 4.08. The highest BCUT2D eigenvalue weighted by Crippen LogP contribution is 2.22. The Hall–Kier alpha value is -2.30. The van der Waals surface area contributed by atoms with Crippen LogP contribution in [0.1, 0.15) is 25.5 Å². The highest BCUT2D eigenvalue weighted by molar-refractivity contribution is 5.51. The normalized spacial score (nSPS) is 15.4. The smallest absolute Gasteiger partial charge is 0.132 e. The molecule has 0 unspecified atom stereocenters. The molecule has 1 aromatic carbocycles. The van der Waals surface area contributed by atoms with Crippen molar-refractivity contribution in [3.63, 3.8) is 0 Å². The molecule has 0 bridgehead atoms. The lowest BCUT2D eigenvalue weighted by Gasteiger charge is -2.36. The zero-order chi connectivity index (χ0) is 15.5. The van der Waals surface area contributed by atoms with Crippen molar-refractivity contribution in [1.29, 1.82) is 0 Å². The second-order valence-electron chi connectivity index (χ2n) is 5.95. The number of rotatable bonds is 3. The lowest BCUT2D eigenvalue weighted by Crippen LogP contribution is -2.46. The molecule has 0 aliphatic carbocycles. The second kappa shape index (κ2) is 6.22. The molecule has 1 aromatic heterocycles. The number of hydrogen-bond acceptors (Lipinski definition) is 5.